The number of aliphatic imine (C=N–C) groups is 1. The first kappa shape index (κ1) is 12.4. The molecule has 4 nitrogen and oxygen atoms in total. The van der Waals surface area contributed by atoms with Gasteiger partial charge in [-0.2, -0.15) is 15.4 Å². The summed E-state index contributed by atoms with van der Waals surface area (Å²) >= 11 is 0. The van der Waals surface area contributed by atoms with E-state index in [1.165, 1.54) is 12.1 Å². The Morgan fingerprint density at radius 1 is 1.17 bits per heavy atom. The number of hydrogen-bond acceptors (Lipinski definition) is 3. The van der Waals surface area contributed by atoms with Crippen LogP contribution >= 0.6 is 0 Å². The maximum Gasteiger partial charge on any atom is 0.127 e. The average molecular weight is 246 g/mol. The van der Waals surface area contributed by atoms with Crippen LogP contribution < -0.4 is 0 Å². The highest BCUT2D eigenvalue weighted by molar-refractivity contribution is 5.81. The molecular weight excluding hydrogens is 231 g/mol. The van der Waals surface area contributed by atoms with Crippen LogP contribution in [0.4, 0.5) is 10.1 Å². The first-order valence-electron chi connectivity index (χ1n) is 5.68. The highest BCUT2D eigenvalue weighted by Gasteiger charge is 2.21. The van der Waals surface area contributed by atoms with Crippen LogP contribution in [0.1, 0.15) is 32.2 Å². The molecule has 0 aliphatic carbocycles. The Bertz CT molecular complexity index is 549. The molecule has 0 spiro atoms. The number of benzene rings is 1. The van der Waals surface area contributed by atoms with Crippen molar-refractivity contribution < 1.29 is 4.39 Å². The Balaban J connectivity index is 2.24. The summed E-state index contributed by atoms with van der Waals surface area (Å²) in [4.78, 5) is 4.25. The first-order chi connectivity index (χ1) is 8.47. The van der Waals surface area contributed by atoms with Gasteiger partial charge in [-0.15, -0.1) is 0 Å². The minimum absolute atomic E-state index is 0.100. The fraction of sp³-hybridized carbons (Fsp3) is 0.308. The van der Waals surface area contributed by atoms with Gasteiger partial charge in [-0.05, 0) is 24.3 Å². The third kappa shape index (κ3) is 2.80. The van der Waals surface area contributed by atoms with Gasteiger partial charge in [-0.25, -0.2) is 4.39 Å². The summed E-state index contributed by atoms with van der Waals surface area (Å²) in [5.41, 5.74) is 2.14. The molecule has 1 aromatic carbocycles. The molecule has 2 aromatic rings. The van der Waals surface area contributed by atoms with E-state index in [1.54, 1.807) is 18.3 Å². The van der Waals surface area contributed by atoms with Crippen LogP contribution in [0, 0.1) is 5.82 Å². The quantitative estimate of drug-likeness (QED) is 0.828. The fourth-order valence-electron chi connectivity index (χ4n) is 1.54. The highest BCUT2D eigenvalue weighted by atomic mass is 19.1. The minimum Gasteiger partial charge on any atom is -0.254 e. The van der Waals surface area contributed by atoms with Gasteiger partial charge in [0.15, 0.2) is 0 Å². The van der Waals surface area contributed by atoms with Crippen molar-refractivity contribution >= 4 is 11.9 Å². The van der Waals surface area contributed by atoms with E-state index in [0.717, 1.165) is 5.69 Å². The van der Waals surface area contributed by atoms with E-state index in [4.69, 9.17) is 0 Å². The van der Waals surface area contributed by atoms with Crippen molar-refractivity contribution in [3.8, 4) is 0 Å². The largest absolute Gasteiger partial charge is 0.254 e. The second kappa shape index (κ2) is 4.68. The van der Waals surface area contributed by atoms with E-state index >= 15 is 0 Å². The number of rotatable bonds is 2. The summed E-state index contributed by atoms with van der Waals surface area (Å²) in [6, 6.07) is 5.98. The van der Waals surface area contributed by atoms with E-state index in [-0.39, 0.29) is 11.2 Å². The van der Waals surface area contributed by atoms with Gasteiger partial charge < -0.3 is 0 Å². The van der Waals surface area contributed by atoms with Gasteiger partial charge in [-0.3, -0.25) is 4.99 Å². The predicted octanol–water partition coefficient (Wildman–Crippen LogP) is 2.99. The van der Waals surface area contributed by atoms with Crippen molar-refractivity contribution in [3.63, 3.8) is 0 Å². The summed E-state index contributed by atoms with van der Waals surface area (Å²) in [7, 11) is 0. The molecule has 0 atom stereocenters. The standard InChI is InChI=1S/C13H15FN4/c1-13(2,3)12-11(16-18-17-12)8-15-10-6-4-9(14)5-7-10/h4-8H,1-3H3,(H,16,17,18). The molecule has 0 aliphatic heterocycles. The summed E-state index contributed by atoms with van der Waals surface area (Å²) in [6.07, 6.45) is 1.64. The van der Waals surface area contributed by atoms with Crippen molar-refractivity contribution in [2.24, 2.45) is 4.99 Å². The molecule has 0 aliphatic rings. The lowest BCUT2D eigenvalue weighted by atomic mass is 9.91. The molecule has 5 heteroatoms. The molecule has 94 valence electrons. The van der Waals surface area contributed by atoms with E-state index in [1.807, 2.05) is 0 Å². The molecule has 0 radical (unpaired) electrons. The van der Waals surface area contributed by atoms with Gasteiger partial charge in [0, 0.05) is 5.41 Å². The molecular formula is C13H15FN4. The zero-order valence-electron chi connectivity index (χ0n) is 10.6. The van der Waals surface area contributed by atoms with Crippen molar-refractivity contribution in [3.05, 3.63) is 41.5 Å². The zero-order valence-corrected chi connectivity index (χ0v) is 10.6. The van der Waals surface area contributed by atoms with Gasteiger partial charge >= 0.3 is 0 Å². The van der Waals surface area contributed by atoms with E-state index in [9.17, 15) is 4.39 Å². The van der Waals surface area contributed by atoms with Crippen LogP contribution in [-0.4, -0.2) is 21.6 Å². The minimum atomic E-state index is -0.272. The van der Waals surface area contributed by atoms with Crippen molar-refractivity contribution in [2.75, 3.05) is 0 Å². The van der Waals surface area contributed by atoms with Crippen molar-refractivity contribution in [1.29, 1.82) is 0 Å². The van der Waals surface area contributed by atoms with Gasteiger partial charge in [-0.1, -0.05) is 20.8 Å². The monoisotopic (exact) mass is 246 g/mol. The van der Waals surface area contributed by atoms with Gasteiger partial charge in [0.05, 0.1) is 17.6 Å². The maximum absolute atomic E-state index is 12.7. The topological polar surface area (TPSA) is 53.9 Å². The van der Waals surface area contributed by atoms with E-state index in [0.29, 0.717) is 11.4 Å². The molecule has 1 heterocycles. The van der Waals surface area contributed by atoms with Gasteiger partial charge in [0.1, 0.15) is 11.5 Å². The van der Waals surface area contributed by atoms with Gasteiger partial charge in [0.25, 0.3) is 0 Å². The van der Waals surface area contributed by atoms with Crippen LogP contribution in [0.3, 0.4) is 0 Å². The molecule has 0 saturated carbocycles. The number of nitrogens with zero attached hydrogens (tertiary/aromatic N) is 3. The second-order valence-electron chi connectivity index (χ2n) is 5.04. The number of H-pyrrole nitrogens is 1. The molecule has 1 aromatic heterocycles. The second-order valence-corrected chi connectivity index (χ2v) is 5.04. The third-order valence-corrected chi connectivity index (χ3v) is 2.45. The molecule has 0 saturated heterocycles. The Morgan fingerprint density at radius 3 is 2.44 bits per heavy atom. The SMILES string of the molecule is CC(C)(C)c1n[nH]nc1C=Nc1ccc(F)cc1. The Hall–Kier alpha value is -2.04. The van der Waals surface area contributed by atoms with Crippen LogP contribution in [-0.2, 0) is 5.41 Å². The van der Waals surface area contributed by atoms with Crippen LogP contribution in [0.2, 0.25) is 0 Å². The van der Waals surface area contributed by atoms with E-state index in [2.05, 4.69) is 41.2 Å². The lowest BCUT2D eigenvalue weighted by Gasteiger charge is -2.14. The molecule has 2 rings (SSSR count). The molecule has 0 unspecified atom stereocenters. The lowest BCUT2D eigenvalue weighted by Crippen LogP contribution is -2.14. The first-order valence-corrected chi connectivity index (χ1v) is 5.68. The zero-order chi connectivity index (χ0) is 13.2. The molecule has 0 bridgehead atoms. The molecule has 0 fully saturated rings. The Kier molecular flexibility index (Phi) is 3.23. The third-order valence-electron chi connectivity index (χ3n) is 2.45. The van der Waals surface area contributed by atoms with Gasteiger partial charge in [0.2, 0.25) is 0 Å². The highest BCUT2D eigenvalue weighted by Crippen LogP contribution is 2.21. The van der Waals surface area contributed by atoms with Crippen LogP contribution in [0.15, 0.2) is 29.3 Å². The summed E-state index contributed by atoms with van der Waals surface area (Å²) in [6.45, 7) is 6.17. The van der Waals surface area contributed by atoms with E-state index < -0.39 is 0 Å². The molecule has 0 amide bonds. The summed E-state index contributed by atoms with van der Waals surface area (Å²) in [5.74, 6) is -0.272. The van der Waals surface area contributed by atoms with Crippen molar-refractivity contribution in [1.82, 2.24) is 15.4 Å². The Morgan fingerprint density at radius 2 is 1.83 bits per heavy atom. The lowest BCUT2D eigenvalue weighted by molar-refractivity contribution is 0.566. The van der Waals surface area contributed by atoms with Crippen molar-refractivity contribution in [2.45, 2.75) is 26.2 Å². The molecule has 1 N–H and O–H groups in total. The van der Waals surface area contributed by atoms with Crippen LogP contribution in [0.5, 0.6) is 0 Å². The number of hydrogen-bond donors (Lipinski definition) is 1. The fourth-order valence-corrected chi connectivity index (χ4v) is 1.54. The smallest absolute Gasteiger partial charge is 0.127 e. The van der Waals surface area contributed by atoms with Crippen LogP contribution in [0.25, 0.3) is 0 Å². The summed E-state index contributed by atoms with van der Waals surface area (Å²) < 4.78 is 12.7. The summed E-state index contributed by atoms with van der Waals surface area (Å²) in [5, 5.41) is 10.8. The number of aromatic nitrogens is 3. The Labute approximate surface area is 105 Å². The number of aromatic amines is 1. The normalized spacial score (nSPS) is 12.2. The average Bonchev–Trinajstić information content (AvgIpc) is 2.76. The maximum atomic E-state index is 12.7. The number of halogens is 1. The molecule has 18 heavy (non-hydrogen) atoms. The number of nitrogens with one attached hydrogen (secondary N) is 1. The predicted molar refractivity (Wildman–Crippen MR) is 68.7 cm³/mol.